The van der Waals surface area contributed by atoms with Crippen molar-refractivity contribution in [2.75, 3.05) is 11.9 Å². The van der Waals surface area contributed by atoms with E-state index in [9.17, 15) is 13.2 Å². The predicted molar refractivity (Wildman–Crippen MR) is 118 cm³/mol. The van der Waals surface area contributed by atoms with Crippen LogP contribution in [0.15, 0.2) is 71.1 Å². The third kappa shape index (κ3) is 3.43. The Morgan fingerprint density at radius 3 is 2.80 bits per heavy atom. The minimum absolute atomic E-state index is 0.117. The smallest absolute Gasteiger partial charge is 0.240 e. The number of carbonyl (C=O) groups is 1. The van der Waals surface area contributed by atoms with Gasteiger partial charge in [0.1, 0.15) is 0 Å². The fraction of sp³-hybridized carbons (Fsp3) is 0.136. The van der Waals surface area contributed by atoms with Crippen LogP contribution in [-0.4, -0.2) is 25.9 Å². The molecule has 1 amide bonds. The highest BCUT2D eigenvalue weighted by molar-refractivity contribution is 7.89. The summed E-state index contributed by atoms with van der Waals surface area (Å²) >= 11 is 1.61. The molecule has 0 saturated heterocycles. The Kier molecular flexibility index (Phi) is 4.69. The standard InChI is InChI=1S/C22H19N3O3S2/c26-22-11-14-10-15(7-8-19(14)25-22)30(27,28)24-13-18(21-6-3-9-29-21)17-12-23-20-5-2-1-4-16(17)20/h1-10,12,18,23-24H,11,13H2,(H,25,26)/t18-/m1/s1. The van der Waals surface area contributed by atoms with E-state index in [0.717, 1.165) is 21.3 Å². The molecule has 6 nitrogen and oxygen atoms in total. The zero-order valence-corrected chi connectivity index (χ0v) is 17.5. The maximum atomic E-state index is 13.0. The van der Waals surface area contributed by atoms with Crippen molar-refractivity contribution in [3.63, 3.8) is 0 Å². The van der Waals surface area contributed by atoms with Gasteiger partial charge in [0.15, 0.2) is 0 Å². The van der Waals surface area contributed by atoms with Crippen LogP contribution in [0.5, 0.6) is 0 Å². The van der Waals surface area contributed by atoms with Crippen LogP contribution in [0.2, 0.25) is 0 Å². The first-order chi connectivity index (χ1) is 14.5. The molecular formula is C22H19N3O3S2. The summed E-state index contributed by atoms with van der Waals surface area (Å²) in [6.45, 7) is 0.235. The minimum Gasteiger partial charge on any atom is -0.361 e. The minimum atomic E-state index is -3.72. The molecule has 3 N–H and O–H groups in total. The highest BCUT2D eigenvalue weighted by atomic mass is 32.2. The number of hydrogen-bond acceptors (Lipinski definition) is 4. The number of carbonyl (C=O) groups excluding carboxylic acids is 1. The molecule has 0 unspecified atom stereocenters. The number of fused-ring (bicyclic) bond motifs is 2. The Morgan fingerprint density at radius 1 is 1.10 bits per heavy atom. The van der Waals surface area contributed by atoms with Crippen molar-refractivity contribution < 1.29 is 13.2 Å². The lowest BCUT2D eigenvalue weighted by molar-refractivity contribution is -0.115. The van der Waals surface area contributed by atoms with Crippen LogP contribution < -0.4 is 10.0 Å². The van der Waals surface area contributed by atoms with Gasteiger partial charge in [-0.1, -0.05) is 24.3 Å². The highest BCUT2D eigenvalue weighted by Gasteiger charge is 2.25. The van der Waals surface area contributed by atoms with Gasteiger partial charge in [0.25, 0.3) is 0 Å². The van der Waals surface area contributed by atoms with Crippen LogP contribution >= 0.6 is 11.3 Å². The van der Waals surface area contributed by atoms with Crippen LogP contribution in [0.1, 0.15) is 21.9 Å². The number of benzene rings is 2. The Balaban J connectivity index is 1.45. The molecule has 1 atom stereocenters. The van der Waals surface area contributed by atoms with Gasteiger partial charge in [0, 0.05) is 40.1 Å². The summed E-state index contributed by atoms with van der Waals surface area (Å²) in [4.78, 5) is 16.1. The molecular weight excluding hydrogens is 418 g/mol. The number of nitrogens with one attached hydrogen (secondary N) is 3. The maximum Gasteiger partial charge on any atom is 0.240 e. The molecule has 5 rings (SSSR count). The van der Waals surface area contributed by atoms with Crippen molar-refractivity contribution >= 4 is 43.9 Å². The van der Waals surface area contributed by atoms with E-state index in [1.807, 2.05) is 48.0 Å². The number of para-hydroxylation sites is 1. The summed E-state index contributed by atoms with van der Waals surface area (Å²) in [7, 11) is -3.72. The summed E-state index contributed by atoms with van der Waals surface area (Å²) in [5.41, 5.74) is 3.45. The van der Waals surface area contributed by atoms with Crippen LogP contribution in [0.4, 0.5) is 5.69 Å². The van der Waals surface area contributed by atoms with Crippen molar-refractivity contribution in [1.29, 1.82) is 0 Å². The van der Waals surface area contributed by atoms with Crippen LogP contribution in [-0.2, 0) is 21.2 Å². The average molecular weight is 438 g/mol. The van der Waals surface area contributed by atoms with Gasteiger partial charge in [0.2, 0.25) is 15.9 Å². The third-order valence-electron chi connectivity index (χ3n) is 5.37. The first-order valence-electron chi connectivity index (χ1n) is 9.53. The largest absolute Gasteiger partial charge is 0.361 e. The average Bonchev–Trinajstić information content (AvgIpc) is 3.47. The Morgan fingerprint density at radius 2 is 1.97 bits per heavy atom. The monoisotopic (exact) mass is 437 g/mol. The van der Waals surface area contributed by atoms with E-state index in [4.69, 9.17) is 0 Å². The molecule has 0 saturated carbocycles. The summed E-state index contributed by atoms with van der Waals surface area (Å²) in [6, 6.07) is 16.7. The molecule has 0 bridgehead atoms. The SMILES string of the molecule is O=C1Cc2cc(S(=O)(=O)NC[C@@H](c3cccs3)c3c[nH]c4ccccc34)ccc2N1. The van der Waals surface area contributed by atoms with E-state index in [1.54, 1.807) is 23.5 Å². The van der Waals surface area contributed by atoms with E-state index in [2.05, 4.69) is 15.0 Å². The molecule has 0 spiro atoms. The molecule has 152 valence electrons. The molecule has 0 radical (unpaired) electrons. The molecule has 4 aromatic rings. The third-order valence-corrected chi connectivity index (χ3v) is 7.78. The van der Waals surface area contributed by atoms with Crippen molar-refractivity contribution in [2.24, 2.45) is 0 Å². The lowest BCUT2D eigenvalue weighted by Crippen LogP contribution is -2.28. The van der Waals surface area contributed by atoms with Crippen LogP contribution in [0, 0.1) is 0 Å². The van der Waals surface area contributed by atoms with Gasteiger partial charge in [-0.05, 0) is 46.8 Å². The molecule has 30 heavy (non-hydrogen) atoms. The van der Waals surface area contributed by atoms with Crippen LogP contribution in [0.25, 0.3) is 10.9 Å². The molecule has 0 fully saturated rings. The molecule has 1 aliphatic rings. The number of hydrogen-bond donors (Lipinski definition) is 3. The molecule has 0 aliphatic carbocycles. The predicted octanol–water partition coefficient (Wildman–Crippen LogP) is 3.83. The fourth-order valence-corrected chi connectivity index (χ4v) is 5.83. The zero-order chi connectivity index (χ0) is 20.7. The number of anilines is 1. The first kappa shape index (κ1) is 19.0. The number of aromatic amines is 1. The van der Waals surface area contributed by atoms with Gasteiger partial charge < -0.3 is 10.3 Å². The first-order valence-corrected chi connectivity index (χ1v) is 11.9. The summed E-state index contributed by atoms with van der Waals surface area (Å²) in [6.07, 6.45) is 2.15. The summed E-state index contributed by atoms with van der Waals surface area (Å²) in [5, 5.41) is 5.80. The quantitative estimate of drug-likeness (QED) is 0.428. The number of thiophene rings is 1. The van der Waals surface area contributed by atoms with Gasteiger partial charge in [-0.25, -0.2) is 13.1 Å². The van der Waals surface area contributed by atoms with Crippen molar-refractivity contribution in [3.8, 4) is 0 Å². The van der Waals surface area contributed by atoms with Crippen molar-refractivity contribution in [1.82, 2.24) is 9.71 Å². The molecule has 2 aromatic heterocycles. The van der Waals surface area contributed by atoms with Crippen molar-refractivity contribution in [2.45, 2.75) is 17.2 Å². The number of sulfonamides is 1. The molecule has 2 aromatic carbocycles. The van der Waals surface area contributed by atoms with Gasteiger partial charge in [-0.3, -0.25) is 4.79 Å². The molecule has 1 aliphatic heterocycles. The normalized spacial score (nSPS) is 14.6. The topological polar surface area (TPSA) is 91.1 Å². The maximum absolute atomic E-state index is 13.0. The summed E-state index contributed by atoms with van der Waals surface area (Å²) in [5.74, 6) is -0.238. The second-order valence-corrected chi connectivity index (χ2v) is 10.00. The lowest BCUT2D eigenvalue weighted by atomic mass is 9.97. The summed E-state index contributed by atoms with van der Waals surface area (Å²) < 4.78 is 28.8. The Bertz CT molecular complexity index is 1340. The Hall–Kier alpha value is -2.94. The number of amides is 1. The zero-order valence-electron chi connectivity index (χ0n) is 15.9. The molecule has 8 heteroatoms. The number of rotatable bonds is 6. The lowest BCUT2D eigenvalue weighted by Gasteiger charge is -2.17. The van der Waals surface area contributed by atoms with E-state index >= 15 is 0 Å². The Labute approximate surface area is 178 Å². The fourth-order valence-electron chi connectivity index (χ4n) is 3.88. The number of aromatic nitrogens is 1. The van der Waals surface area contributed by atoms with Crippen molar-refractivity contribution in [3.05, 3.63) is 82.2 Å². The second-order valence-electron chi connectivity index (χ2n) is 7.25. The van der Waals surface area contributed by atoms with E-state index < -0.39 is 10.0 Å². The number of H-pyrrole nitrogens is 1. The van der Waals surface area contributed by atoms with Gasteiger partial charge in [-0.2, -0.15) is 0 Å². The van der Waals surface area contributed by atoms with Gasteiger partial charge in [-0.15, -0.1) is 11.3 Å². The van der Waals surface area contributed by atoms with E-state index in [-0.39, 0.29) is 29.7 Å². The highest BCUT2D eigenvalue weighted by Crippen LogP contribution is 2.33. The van der Waals surface area contributed by atoms with Gasteiger partial charge in [0.05, 0.1) is 11.3 Å². The van der Waals surface area contributed by atoms with E-state index in [1.165, 1.54) is 6.07 Å². The second kappa shape index (κ2) is 7.39. The van der Waals surface area contributed by atoms with Gasteiger partial charge >= 0.3 is 0 Å². The van der Waals surface area contributed by atoms with E-state index in [0.29, 0.717) is 11.3 Å². The van der Waals surface area contributed by atoms with Crippen LogP contribution in [0.3, 0.4) is 0 Å². The molecule has 3 heterocycles.